The van der Waals surface area contributed by atoms with Crippen LogP contribution in [0.5, 0.6) is 0 Å². The van der Waals surface area contributed by atoms with Crippen molar-refractivity contribution >= 4 is 22.5 Å². The third kappa shape index (κ3) is 3.26. The molecule has 0 aliphatic rings. The van der Waals surface area contributed by atoms with E-state index in [2.05, 4.69) is 11.1 Å². The van der Waals surface area contributed by atoms with Gasteiger partial charge in [0.15, 0.2) is 0 Å². The van der Waals surface area contributed by atoms with Gasteiger partial charge in [0.2, 0.25) is 0 Å². The second-order valence-corrected chi connectivity index (χ2v) is 6.49. The minimum absolute atomic E-state index is 0.0259. The molecule has 0 spiro atoms. The van der Waals surface area contributed by atoms with Crippen molar-refractivity contribution in [2.24, 2.45) is 0 Å². The number of pyridine rings is 1. The number of H-pyrrole nitrogens is 1. The maximum atomic E-state index is 13.7. The Labute approximate surface area is 147 Å². The number of hydrogen-bond donors (Lipinski definition) is 1. The van der Waals surface area contributed by atoms with Crippen molar-refractivity contribution in [1.29, 1.82) is 10.5 Å². The molecule has 0 fully saturated rings. The number of aromatic nitrogens is 1. The van der Waals surface area contributed by atoms with Crippen LogP contribution in [-0.2, 0) is 5.75 Å². The summed E-state index contributed by atoms with van der Waals surface area (Å²) in [5.41, 5.74) is 2.02. The SMILES string of the molecule is Cc1ccc(C#N)cc1CSc1[nH]c(=O)c(C#N)c2ccc(F)cc12. The number of thioether (sulfide) groups is 1. The van der Waals surface area contributed by atoms with Crippen LogP contribution in [0.2, 0.25) is 0 Å². The van der Waals surface area contributed by atoms with Crippen molar-refractivity contribution in [3.8, 4) is 12.1 Å². The van der Waals surface area contributed by atoms with Crippen LogP contribution in [0.3, 0.4) is 0 Å². The predicted octanol–water partition coefficient (Wildman–Crippen LogP) is 4.01. The number of aromatic amines is 1. The molecule has 6 heteroatoms. The van der Waals surface area contributed by atoms with Crippen LogP contribution in [0.1, 0.15) is 22.3 Å². The van der Waals surface area contributed by atoms with Gasteiger partial charge in [0.05, 0.1) is 16.7 Å². The Morgan fingerprint density at radius 2 is 1.92 bits per heavy atom. The molecule has 0 aliphatic carbocycles. The maximum Gasteiger partial charge on any atom is 0.267 e. The van der Waals surface area contributed by atoms with E-state index in [4.69, 9.17) is 5.26 Å². The second kappa shape index (κ2) is 6.80. The fraction of sp³-hybridized carbons (Fsp3) is 0.105. The third-order valence-corrected chi connectivity index (χ3v) is 4.98. The Morgan fingerprint density at radius 1 is 1.12 bits per heavy atom. The summed E-state index contributed by atoms with van der Waals surface area (Å²) < 4.78 is 13.7. The quantitative estimate of drug-likeness (QED) is 0.725. The highest BCUT2D eigenvalue weighted by molar-refractivity contribution is 7.98. The summed E-state index contributed by atoms with van der Waals surface area (Å²) in [5, 5.41) is 19.6. The zero-order chi connectivity index (χ0) is 18.0. The van der Waals surface area contributed by atoms with E-state index in [-0.39, 0.29) is 5.56 Å². The molecule has 1 heterocycles. The van der Waals surface area contributed by atoms with Crippen LogP contribution < -0.4 is 5.56 Å². The van der Waals surface area contributed by atoms with E-state index in [9.17, 15) is 14.4 Å². The zero-order valence-corrected chi connectivity index (χ0v) is 14.1. The summed E-state index contributed by atoms with van der Waals surface area (Å²) in [4.78, 5) is 14.8. The first-order valence-electron chi connectivity index (χ1n) is 7.41. The molecule has 0 unspecified atom stereocenters. The molecule has 4 nitrogen and oxygen atoms in total. The summed E-state index contributed by atoms with van der Waals surface area (Å²) in [6.45, 7) is 1.94. The number of rotatable bonds is 3. The molecule has 1 N–H and O–H groups in total. The van der Waals surface area contributed by atoms with E-state index in [1.807, 2.05) is 19.1 Å². The van der Waals surface area contributed by atoms with Gasteiger partial charge in [-0.2, -0.15) is 10.5 Å². The summed E-state index contributed by atoms with van der Waals surface area (Å²) in [6, 6.07) is 13.4. The third-order valence-electron chi connectivity index (χ3n) is 3.91. The molecule has 25 heavy (non-hydrogen) atoms. The summed E-state index contributed by atoms with van der Waals surface area (Å²) in [6.07, 6.45) is 0. The van der Waals surface area contributed by atoms with Crippen LogP contribution in [-0.4, -0.2) is 4.98 Å². The van der Waals surface area contributed by atoms with Gasteiger partial charge in [0, 0.05) is 16.5 Å². The van der Waals surface area contributed by atoms with E-state index < -0.39 is 11.4 Å². The van der Waals surface area contributed by atoms with Crippen molar-refractivity contribution in [3.63, 3.8) is 0 Å². The van der Waals surface area contributed by atoms with Gasteiger partial charge in [0.25, 0.3) is 5.56 Å². The van der Waals surface area contributed by atoms with Gasteiger partial charge in [-0.3, -0.25) is 4.79 Å². The van der Waals surface area contributed by atoms with Gasteiger partial charge in [-0.25, -0.2) is 4.39 Å². The van der Waals surface area contributed by atoms with Gasteiger partial charge >= 0.3 is 0 Å². The van der Waals surface area contributed by atoms with Crippen LogP contribution in [0.25, 0.3) is 10.8 Å². The number of hydrogen-bond acceptors (Lipinski definition) is 4. The lowest BCUT2D eigenvalue weighted by atomic mass is 10.1. The Bertz CT molecular complexity index is 1120. The number of nitrogens with zero attached hydrogens (tertiary/aromatic N) is 2. The lowest BCUT2D eigenvalue weighted by Crippen LogP contribution is -2.12. The molecule has 1 aromatic heterocycles. The van der Waals surface area contributed by atoms with Crippen LogP contribution in [0.4, 0.5) is 4.39 Å². The van der Waals surface area contributed by atoms with Crippen LogP contribution in [0.15, 0.2) is 46.2 Å². The number of benzene rings is 2. The van der Waals surface area contributed by atoms with E-state index in [0.29, 0.717) is 27.1 Å². The molecule has 3 rings (SSSR count). The first-order chi connectivity index (χ1) is 12.0. The lowest BCUT2D eigenvalue weighted by Gasteiger charge is -2.09. The molecule has 2 aromatic carbocycles. The smallest absolute Gasteiger partial charge is 0.267 e. The van der Waals surface area contributed by atoms with E-state index in [1.165, 1.54) is 30.0 Å². The molecule has 122 valence electrons. The minimum Gasteiger partial charge on any atom is -0.315 e. The van der Waals surface area contributed by atoms with Crippen molar-refractivity contribution in [1.82, 2.24) is 4.98 Å². The number of nitrogens with one attached hydrogen (secondary N) is 1. The summed E-state index contributed by atoms with van der Waals surface area (Å²) in [5.74, 6) is 0.0717. The number of halogens is 1. The monoisotopic (exact) mass is 349 g/mol. The van der Waals surface area contributed by atoms with Gasteiger partial charge in [-0.1, -0.05) is 6.07 Å². The predicted molar refractivity (Wildman–Crippen MR) is 94.7 cm³/mol. The molecule has 0 amide bonds. The molecular weight excluding hydrogens is 337 g/mol. The van der Waals surface area contributed by atoms with E-state index >= 15 is 0 Å². The molecule has 0 radical (unpaired) electrons. The van der Waals surface area contributed by atoms with Gasteiger partial charge in [-0.05, 0) is 48.4 Å². The topological polar surface area (TPSA) is 80.4 Å². The van der Waals surface area contributed by atoms with Crippen LogP contribution >= 0.6 is 11.8 Å². The molecular formula is C19H12FN3OS. The average Bonchev–Trinajstić information content (AvgIpc) is 2.61. The molecule has 0 saturated carbocycles. The van der Waals surface area contributed by atoms with E-state index in [1.54, 1.807) is 12.1 Å². The Hall–Kier alpha value is -3.09. The maximum absolute atomic E-state index is 13.7. The molecule has 0 saturated heterocycles. The number of aryl methyl sites for hydroxylation is 1. The first-order valence-corrected chi connectivity index (χ1v) is 8.40. The summed E-state index contributed by atoms with van der Waals surface area (Å²) in [7, 11) is 0. The fourth-order valence-corrected chi connectivity index (χ4v) is 3.65. The first kappa shape index (κ1) is 16.8. The lowest BCUT2D eigenvalue weighted by molar-refractivity contribution is 0.629. The minimum atomic E-state index is -0.494. The molecule has 0 aliphatic heterocycles. The van der Waals surface area contributed by atoms with Gasteiger partial charge in [0.1, 0.15) is 17.4 Å². The van der Waals surface area contributed by atoms with Crippen LogP contribution in [0, 0.1) is 35.4 Å². The highest BCUT2D eigenvalue weighted by Crippen LogP contribution is 2.30. The largest absolute Gasteiger partial charge is 0.315 e. The number of nitriles is 2. The Morgan fingerprint density at radius 3 is 2.64 bits per heavy atom. The van der Waals surface area contributed by atoms with Crippen molar-refractivity contribution in [3.05, 3.63) is 74.8 Å². The Kier molecular flexibility index (Phi) is 4.56. The number of fused-ring (bicyclic) bond motifs is 1. The van der Waals surface area contributed by atoms with Gasteiger partial charge in [-0.15, -0.1) is 11.8 Å². The van der Waals surface area contributed by atoms with Gasteiger partial charge < -0.3 is 4.98 Å². The zero-order valence-electron chi connectivity index (χ0n) is 13.3. The van der Waals surface area contributed by atoms with Crippen molar-refractivity contribution in [2.45, 2.75) is 17.7 Å². The molecule has 3 aromatic rings. The highest BCUT2D eigenvalue weighted by Gasteiger charge is 2.13. The van der Waals surface area contributed by atoms with Crippen molar-refractivity contribution in [2.75, 3.05) is 0 Å². The standard InChI is InChI=1S/C19H12FN3OS/c1-11-2-3-12(8-21)6-13(11)10-25-19-16-7-14(20)4-5-15(16)17(9-22)18(24)23-19/h2-7H,10H2,1H3,(H,23,24). The highest BCUT2D eigenvalue weighted by atomic mass is 32.2. The Balaban J connectivity index is 2.06. The average molecular weight is 349 g/mol. The fourth-order valence-electron chi connectivity index (χ4n) is 2.55. The molecule has 0 bridgehead atoms. The normalized spacial score (nSPS) is 10.4. The van der Waals surface area contributed by atoms with E-state index in [0.717, 1.165) is 11.1 Å². The summed E-state index contributed by atoms with van der Waals surface area (Å²) >= 11 is 1.34. The van der Waals surface area contributed by atoms with Crippen molar-refractivity contribution < 1.29 is 4.39 Å². The second-order valence-electron chi connectivity index (χ2n) is 5.50. The molecule has 0 atom stereocenters.